The van der Waals surface area contributed by atoms with E-state index in [0.29, 0.717) is 0 Å². The molecule has 3 fully saturated rings. The standard InChI is InChI=1S/C17H31NO3/c1-2-19-16-5-3-4-14(8-11-18-16)15-6-9-17(10-7-15)20-12-13-21-17/h14-16,18H,2-13H2,1H3/t14-,16?/m0/s1. The lowest BCUT2D eigenvalue weighted by Crippen LogP contribution is -2.39. The summed E-state index contributed by atoms with van der Waals surface area (Å²) in [4.78, 5) is 0. The van der Waals surface area contributed by atoms with E-state index in [9.17, 15) is 0 Å². The van der Waals surface area contributed by atoms with E-state index in [2.05, 4.69) is 12.2 Å². The normalized spacial score (nSPS) is 34.7. The van der Waals surface area contributed by atoms with Gasteiger partial charge in [0.05, 0.1) is 13.2 Å². The Morgan fingerprint density at radius 3 is 2.43 bits per heavy atom. The lowest BCUT2D eigenvalue weighted by Gasteiger charge is -2.39. The van der Waals surface area contributed by atoms with Gasteiger partial charge in [0.2, 0.25) is 0 Å². The van der Waals surface area contributed by atoms with E-state index in [1.807, 2.05) is 0 Å². The Morgan fingerprint density at radius 1 is 1.00 bits per heavy atom. The molecule has 2 aliphatic heterocycles. The molecular weight excluding hydrogens is 266 g/mol. The fraction of sp³-hybridized carbons (Fsp3) is 1.00. The summed E-state index contributed by atoms with van der Waals surface area (Å²) >= 11 is 0. The van der Waals surface area contributed by atoms with Crippen molar-refractivity contribution in [1.82, 2.24) is 5.32 Å². The van der Waals surface area contributed by atoms with Gasteiger partial charge < -0.3 is 14.2 Å². The quantitative estimate of drug-likeness (QED) is 0.869. The molecule has 3 aliphatic rings. The third kappa shape index (κ3) is 3.98. The van der Waals surface area contributed by atoms with Crippen molar-refractivity contribution >= 4 is 0 Å². The van der Waals surface area contributed by atoms with E-state index in [1.165, 1.54) is 32.1 Å². The number of hydrogen-bond acceptors (Lipinski definition) is 4. The minimum Gasteiger partial charge on any atom is -0.364 e. The molecule has 21 heavy (non-hydrogen) atoms. The highest BCUT2D eigenvalue weighted by Crippen LogP contribution is 2.42. The van der Waals surface area contributed by atoms with Gasteiger partial charge >= 0.3 is 0 Å². The Morgan fingerprint density at radius 2 is 1.71 bits per heavy atom. The van der Waals surface area contributed by atoms with Crippen molar-refractivity contribution in [3.8, 4) is 0 Å². The third-order valence-corrected chi connectivity index (χ3v) is 5.57. The van der Waals surface area contributed by atoms with Gasteiger partial charge in [-0.3, -0.25) is 5.32 Å². The maximum absolute atomic E-state index is 5.85. The van der Waals surface area contributed by atoms with E-state index in [-0.39, 0.29) is 12.0 Å². The van der Waals surface area contributed by atoms with E-state index < -0.39 is 0 Å². The number of nitrogens with one attached hydrogen (secondary N) is 1. The van der Waals surface area contributed by atoms with Gasteiger partial charge in [-0.25, -0.2) is 0 Å². The summed E-state index contributed by atoms with van der Waals surface area (Å²) in [6.45, 7) is 5.57. The number of hydrogen-bond donors (Lipinski definition) is 1. The van der Waals surface area contributed by atoms with E-state index in [0.717, 1.165) is 57.5 Å². The molecule has 3 rings (SSSR count). The van der Waals surface area contributed by atoms with Gasteiger partial charge in [-0.1, -0.05) is 0 Å². The van der Waals surface area contributed by atoms with Gasteiger partial charge in [0.15, 0.2) is 5.79 Å². The summed E-state index contributed by atoms with van der Waals surface area (Å²) < 4.78 is 17.4. The van der Waals surface area contributed by atoms with Crippen molar-refractivity contribution < 1.29 is 14.2 Å². The molecule has 0 aromatic rings. The van der Waals surface area contributed by atoms with Crippen molar-refractivity contribution in [1.29, 1.82) is 0 Å². The maximum Gasteiger partial charge on any atom is 0.168 e. The summed E-state index contributed by atoms with van der Waals surface area (Å²) in [7, 11) is 0. The van der Waals surface area contributed by atoms with Crippen molar-refractivity contribution in [3.63, 3.8) is 0 Å². The van der Waals surface area contributed by atoms with Crippen LogP contribution in [-0.4, -0.2) is 38.4 Å². The third-order valence-electron chi connectivity index (χ3n) is 5.57. The lowest BCUT2D eigenvalue weighted by molar-refractivity contribution is -0.185. The summed E-state index contributed by atoms with van der Waals surface area (Å²) in [6.07, 6.45) is 10.1. The maximum atomic E-state index is 5.85. The molecule has 1 spiro atoms. The molecule has 0 aromatic carbocycles. The average Bonchev–Trinajstić information content (AvgIpc) is 2.91. The second-order valence-electron chi connectivity index (χ2n) is 6.82. The summed E-state index contributed by atoms with van der Waals surface area (Å²) in [6, 6.07) is 0. The van der Waals surface area contributed by atoms with Gasteiger partial charge in [-0.15, -0.1) is 0 Å². The van der Waals surface area contributed by atoms with Crippen LogP contribution >= 0.6 is 0 Å². The largest absolute Gasteiger partial charge is 0.364 e. The molecule has 0 bridgehead atoms. The van der Waals surface area contributed by atoms with Crippen LogP contribution in [-0.2, 0) is 14.2 Å². The Hall–Kier alpha value is -0.160. The highest BCUT2D eigenvalue weighted by Gasteiger charge is 2.41. The SMILES string of the molecule is CCOC1CCC[C@H](C2CCC3(CC2)OCCO3)CCN1. The highest BCUT2D eigenvalue weighted by molar-refractivity contribution is 4.86. The van der Waals surface area contributed by atoms with E-state index >= 15 is 0 Å². The molecule has 1 aliphatic carbocycles. The number of rotatable bonds is 3. The summed E-state index contributed by atoms with van der Waals surface area (Å²) in [5.74, 6) is 1.55. The minimum absolute atomic E-state index is 0.198. The highest BCUT2D eigenvalue weighted by atomic mass is 16.7. The Balaban J connectivity index is 1.45. The molecule has 0 amide bonds. The average molecular weight is 297 g/mol. The van der Waals surface area contributed by atoms with Crippen LogP contribution in [0.3, 0.4) is 0 Å². The zero-order valence-electron chi connectivity index (χ0n) is 13.4. The summed E-state index contributed by atoms with van der Waals surface area (Å²) in [5.41, 5.74) is 0. The molecule has 122 valence electrons. The van der Waals surface area contributed by atoms with Crippen LogP contribution in [0, 0.1) is 11.8 Å². The second-order valence-corrected chi connectivity index (χ2v) is 6.82. The van der Waals surface area contributed by atoms with Gasteiger partial charge in [0.1, 0.15) is 6.23 Å². The minimum atomic E-state index is -0.198. The van der Waals surface area contributed by atoms with Gasteiger partial charge in [0.25, 0.3) is 0 Å². The van der Waals surface area contributed by atoms with Gasteiger partial charge in [-0.2, -0.15) is 0 Å². The van der Waals surface area contributed by atoms with Gasteiger partial charge in [0, 0.05) is 19.4 Å². The fourth-order valence-corrected chi connectivity index (χ4v) is 4.39. The molecule has 0 radical (unpaired) electrons. The summed E-state index contributed by atoms with van der Waals surface area (Å²) in [5, 5.41) is 3.57. The van der Waals surface area contributed by atoms with Crippen molar-refractivity contribution in [3.05, 3.63) is 0 Å². The predicted molar refractivity (Wildman–Crippen MR) is 82.0 cm³/mol. The molecular formula is C17H31NO3. The van der Waals surface area contributed by atoms with Crippen LogP contribution in [0.4, 0.5) is 0 Å². The van der Waals surface area contributed by atoms with Gasteiger partial charge in [-0.05, 0) is 63.8 Å². The van der Waals surface area contributed by atoms with Crippen molar-refractivity contribution in [2.24, 2.45) is 11.8 Å². The molecule has 0 aromatic heterocycles. The lowest BCUT2D eigenvalue weighted by atomic mass is 9.74. The molecule has 1 saturated carbocycles. The van der Waals surface area contributed by atoms with Crippen LogP contribution in [0.25, 0.3) is 0 Å². The van der Waals surface area contributed by atoms with Crippen LogP contribution in [0.1, 0.15) is 58.3 Å². The Labute approximate surface area is 128 Å². The molecule has 1 unspecified atom stereocenters. The fourth-order valence-electron chi connectivity index (χ4n) is 4.39. The zero-order valence-corrected chi connectivity index (χ0v) is 13.4. The first kappa shape index (κ1) is 15.7. The zero-order chi connectivity index (χ0) is 14.5. The molecule has 4 nitrogen and oxygen atoms in total. The Kier molecular flexibility index (Phi) is 5.54. The first-order chi connectivity index (χ1) is 10.3. The molecule has 2 atom stereocenters. The number of ether oxygens (including phenoxy) is 3. The molecule has 4 heteroatoms. The van der Waals surface area contributed by atoms with Crippen molar-refractivity contribution in [2.45, 2.75) is 70.3 Å². The smallest absolute Gasteiger partial charge is 0.168 e. The molecule has 2 heterocycles. The second kappa shape index (κ2) is 7.40. The van der Waals surface area contributed by atoms with Crippen LogP contribution < -0.4 is 5.32 Å². The Bertz CT molecular complexity index is 297. The van der Waals surface area contributed by atoms with E-state index in [4.69, 9.17) is 14.2 Å². The first-order valence-corrected chi connectivity index (χ1v) is 8.94. The molecule has 1 N–H and O–H groups in total. The van der Waals surface area contributed by atoms with Crippen LogP contribution in [0.2, 0.25) is 0 Å². The van der Waals surface area contributed by atoms with E-state index in [1.54, 1.807) is 0 Å². The van der Waals surface area contributed by atoms with Crippen LogP contribution in [0.15, 0.2) is 0 Å². The predicted octanol–water partition coefficient (Wildman–Crippen LogP) is 3.06. The first-order valence-electron chi connectivity index (χ1n) is 8.94. The monoisotopic (exact) mass is 297 g/mol. The van der Waals surface area contributed by atoms with Crippen molar-refractivity contribution in [2.75, 3.05) is 26.4 Å². The van der Waals surface area contributed by atoms with Crippen LogP contribution in [0.5, 0.6) is 0 Å². The topological polar surface area (TPSA) is 39.7 Å². The molecule has 2 saturated heterocycles.